The molecule has 12 heavy (non-hydrogen) atoms. The molecule has 0 radical (unpaired) electrons. The van der Waals surface area contributed by atoms with Crippen molar-refractivity contribution in [2.75, 3.05) is 0 Å². The molecule has 0 spiro atoms. The summed E-state index contributed by atoms with van der Waals surface area (Å²) in [4.78, 5) is 10.3. The number of benzene rings is 1. The summed E-state index contributed by atoms with van der Waals surface area (Å²) in [5, 5.41) is 0. The first-order valence-corrected chi connectivity index (χ1v) is 3.92. The molecule has 0 saturated carbocycles. The Balaban J connectivity index is 2.64. The molecule has 0 aliphatic heterocycles. The van der Waals surface area contributed by atoms with Crippen LogP contribution in [0.2, 0.25) is 0 Å². The maximum atomic E-state index is 12.4. The standard InChI is InChI=1S/C10H11FO/c1-8(7-12)6-9-2-4-10(11)5-3-9/h2-5,7-8H,6H2,1H3/t8-/m0/s1. The Kier molecular flexibility index (Phi) is 2.97. The number of carbonyl (C=O) groups is 1. The first kappa shape index (κ1) is 8.91. The summed E-state index contributed by atoms with van der Waals surface area (Å²) in [6, 6.07) is 6.23. The van der Waals surface area contributed by atoms with Crippen LogP contribution in [0.5, 0.6) is 0 Å². The Morgan fingerprint density at radius 3 is 2.50 bits per heavy atom. The van der Waals surface area contributed by atoms with Crippen molar-refractivity contribution in [2.45, 2.75) is 13.3 Å². The van der Waals surface area contributed by atoms with Crippen LogP contribution in [0.1, 0.15) is 12.5 Å². The molecule has 0 aliphatic rings. The van der Waals surface area contributed by atoms with Gasteiger partial charge in [0.05, 0.1) is 0 Å². The van der Waals surface area contributed by atoms with Gasteiger partial charge in [0.15, 0.2) is 0 Å². The second-order valence-electron chi connectivity index (χ2n) is 2.94. The van der Waals surface area contributed by atoms with E-state index in [1.54, 1.807) is 12.1 Å². The third-order valence-corrected chi connectivity index (χ3v) is 1.70. The van der Waals surface area contributed by atoms with Crippen LogP contribution in [0.3, 0.4) is 0 Å². The Morgan fingerprint density at radius 2 is 2.00 bits per heavy atom. The highest BCUT2D eigenvalue weighted by molar-refractivity contribution is 5.53. The molecule has 2 heteroatoms. The Morgan fingerprint density at radius 1 is 1.42 bits per heavy atom. The van der Waals surface area contributed by atoms with Crippen molar-refractivity contribution in [3.8, 4) is 0 Å². The number of hydrogen-bond donors (Lipinski definition) is 0. The molecule has 0 N–H and O–H groups in total. The average molecular weight is 166 g/mol. The lowest BCUT2D eigenvalue weighted by molar-refractivity contribution is -0.110. The van der Waals surface area contributed by atoms with E-state index in [0.717, 1.165) is 11.8 Å². The summed E-state index contributed by atoms with van der Waals surface area (Å²) in [6.45, 7) is 1.84. The fourth-order valence-corrected chi connectivity index (χ4v) is 1.04. The van der Waals surface area contributed by atoms with Crippen LogP contribution >= 0.6 is 0 Å². The van der Waals surface area contributed by atoms with E-state index in [0.29, 0.717) is 6.42 Å². The predicted octanol–water partition coefficient (Wildman–Crippen LogP) is 2.20. The molecule has 64 valence electrons. The van der Waals surface area contributed by atoms with E-state index in [9.17, 15) is 9.18 Å². The monoisotopic (exact) mass is 166 g/mol. The van der Waals surface area contributed by atoms with Gasteiger partial charge in [0.25, 0.3) is 0 Å². The number of carbonyl (C=O) groups excluding carboxylic acids is 1. The second kappa shape index (κ2) is 4.00. The molecule has 0 unspecified atom stereocenters. The van der Waals surface area contributed by atoms with E-state index in [2.05, 4.69) is 0 Å². The lowest BCUT2D eigenvalue weighted by Crippen LogP contribution is -2.00. The first-order valence-electron chi connectivity index (χ1n) is 3.92. The van der Waals surface area contributed by atoms with Crippen LogP contribution in [-0.4, -0.2) is 6.29 Å². The van der Waals surface area contributed by atoms with Crippen molar-refractivity contribution in [3.05, 3.63) is 35.6 Å². The van der Waals surface area contributed by atoms with Gasteiger partial charge in [-0.2, -0.15) is 0 Å². The van der Waals surface area contributed by atoms with Gasteiger partial charge in [-0.05, 0) is 24.1 Å². The number of rotatable bonds is 3. The summed E-state index contributed by atoms with van der Waals surface area (Å²) in [5.74, 6) is -0.229. The summed E-state index contributed by atoms with van der Waals surface area (Å²) in [6.07, 6.45) is 1.59. The normalized spacial score (nSPS) is 12.5. The second-order valence-corrected chi connectivity index (χ2v) is 2.94. The lowest BCUT2D eigenvalue weighted by atomic mass is 10.0. The van der Waals surface area contributed by atoms with E-state index in [-0.39, 0.29) is 11.7 Å². The van der Waals surface area contributed by atoms with Crippen molar-refractivity contribution in [3.63, 3.8) is 0 Å². The molecule has 1 rings (SSSR count). The molecule has 0 heterocycles. The van der Waals surface area contributed by atoms with Crippen molar-refractivity contribution < 1.29 is 9.18 Å². The topological polar surface area (TPSA) is 17.1 Å². The highest BCUT2D eigenvalue weighted by Gasteiger charge is 2.00. The molecule has 1 aromatic rings. The molecule has 0 bridgehead atoms. The van der Waals surface area contributed by atoms with Crippen LogP contribution in [-0.2, 0) is 11.2 Å². The van der Waals surface area contributed by atoms with Crippen molar-refractivity contribution in [1.29, 1.82) is 0 Å². The zero-order chi connectivity index (χ0) is 8.97. The third kappa shape index (κ3) is 2.46. The molecule has 0 fully saturated rings. The smallest absolute Gasteiger partial charge is 0.123 e. The zero-order valence-corrected chi connectivity index (χ0v) is 6.96. The highest BCUT2D eigenvalue weighted by Crippen LogP contribution is 2.07. The van der Waals surface area contributed by atoms with E-state index in [4.69, 9.17) is 0 Å². The number of aldehydes is 1. The average Bonchev–Trinajstić information content (AvgIpc) is 2.09. The van der Waals surface area contributed by atoms with Gasteiger partial charge in [0, 0.05) is 5.92 Å². The number of hydrogen-bond acceptors (Lipinski definition) is 1. The fourth-order valence-electron chi connectivity index (χ4n) is 1.04. The minimum Gasteiger partial charge on any atom is -0.303 e. The van der Waals surface area contributed by atoms with Gasteiger partial charge < -0.3 is 4.79 Å². The largest absolute Gasteiger partial charge is 0.303 e. The predicted molar refractivity (Wildman–Crippen MR) is 45.3 cm³/mol. The van der Waals surface area contributed by atoms with Gasteiger partial charge in [-0.3, -0.25) is 0 Å². The molecule has 1 atom stereocenters. The maximum absolute atomic E-state index is 12.4. The summed E-state index contributed by atoms with van der Waals surface area (Å²) >= 11 is 0. The first-order chi connectivity index (χ1) is 5.72. The molecule has 1 nitrogen and oxygen atoms in total. The summed E-state index contributed by atoms with van der Waals surface area (Å²) in [7, 11) is 0. The Hall–Kier alpha value is -1.18. The van der Waals surface area contributed by atoms with Gasteiger partial charge >= 0.3 is 0 Å². The van der Waals surface area contributed by atoms with E-state index in [1.165, 1.54) is 12.1 Å². The molecule has 0 aliphatic carbocycles. The molecule has 0 aromatic heterocycles. The van der Waals surface area contributed by atoms with Crippen LogP contribution in [0.25, 0.3) is 0 Å². The minimum atomic E-state index is -0.238. The molecule has 1 aromatic carbocycles. The minimum absolute atomic E-state index is 0.00969. The molecular weight excluding hydrogens is 155 g/mol. The van der Waals surface area contributed by atoms with Crippen LogP contribution in [0.15, 0.2) is 24.3 Å². The van der Waals surface area contributed by atoms with Crippen LogP contribution in [0.4, 0.5) is 4.39 Å². The van der Waals surface area contributed by atoms with Crippen molar-refractivity contribution in [2.24, 2.45) is 5.92 Å². The van der Waals surface area contributed by atoms with Gasteiger partial charge in [-0.25, -0.2) is 4.39 Å². The molecule has 0 amide bonds. The van der Waals surface area contributed by atoms with E-state index < -0.39 is 0 Å². The van der Waals surface area contributed by atoms with Gasteiger partial charge in [-0.1, -0.05) is 19.1 Å². The van der Waals surface area contributed by atoms with Gasteiger partial charge in [0.1, 0.15) is 12.1 Å². The van der Waals surface area contributed by atoms with Crippen molar-refractivity contribution in [1.82, 2.24) is 0 Å². The van der Waals surface area contributed by atoms with E-state index >= 15 is 0 Å². The SMILES string of the molecule is C[C@H](C=O)Cc1ccc(F)cc1. The highest BCUT2D eigenvalue weighted by atomic mass is 19.1. The van der Waals surface area contributed by atoms with E-state index in [1.807, 2.05) is 6.92 Å². The number of halogens is 1. The van der Waals surface area contributed by atoms with Crippen molar-refractivity contribution >= 4 is 6.29 Å². The molecule has 0 saturated heterocycles. The van der Waals surface area contributed by atoms with Crippen LogP contribution < -0.4 is 0 Å². The summed E-state index contributed by atoms with van der Waals surface area (Å²) in [5.41, 5.74) is 0.996. The summed E-state index contributed by atoms with van der Waals surface area (Å²) < 4.78 is 12.4. The Bertz CT molecular complexity index is 253. The zero-order valence-electron chi connectivity index (χ0n) is 6.96. The molecular formula is C10H11FO. The third-order valence-electron chi connectivity index (χ3n) is 1.70. The van der Waals surface area contributed by atoms with Gasteiger partial charge in [-0.15, -0.1) is 0 Å². The van der Waals surface area contributed by atoms with Gasteiger partial charge in [0.2, 0.25) is 0 Å². The Labute approximate surface area is 71.2 Å². The quantitative estimate of drug-likeness (QED) is 0.629. The maximum Gasteiger partial charge on any atom is 0.123 e. The fraction of sp³-hybridized carbons (Fsp3) is 0.300. The lowest BCUT2D eigenvalue weighted by Gasteiger charge is -2.02. The van der Waals surface area contributed by atoms with Crippen LogP contribution in [0, 0.1) is 11.7 Å².